The molecule has 0 aromatic carbocycles. The summed E-state index contributed by atoms with van der Waals surface area (Å²) in [5, 5.41) is 12.1. The van der Waals surface area contributed by atoms with E-state index in [1.807, 2.05) is 13.8 Å². The van der Waals surface area contributed by atoms with Crippen molar-refractivity contribution in [2.45, 2.75) is 51.8 Å². The summed E-state index contributed by atoms with van der Waals surface area (Å²) in [4.78, 5) is 3.57. The van der Waals surface area contributed by atoms with Crippen molar-refractivity contribution in [2.24, 2.45) is 5.73 Å². The summed E-state index contributed by atoms with van der Waals surface area (Å²) in [5.74, 6) is 0. The van der Waals surface area contributed by atoms with E-state index in [2.05, 4.69) is 36.3 Å². The molecule has 1 rings (SSSR count). The standard InChI is InChI=1S/C14H26N2OS/c1-5-11(15)13(12-8-7-9-18-12)16(6-2)10-14(3,4)17/h7-9,11,13,17H,5-6,10,15H2,1-4H3. The van der Waals surface area contributed by atoms with Gasteiger partial charge in [-0.25, -0.2) is 0 Å². The minimum Gasteiger partial charge on any atom is -0.389 e. The van der Waals surface area contributed by atoms with E-state index in [9.17, 15) is 5.11 Å². The van der Waals surface area contributed by atoms with Gasteiger partial charge in [-0.15, -0.1) is 11.3 Å². The fourth-order valence-electron chi connectivity index (χ4n) is 2.25. The Hall–Kier alpha value is -0.420. The van der Waals surface area contributed by atoms with Crippen LogP contribution in [-0.2, 0) is 0 Å². The SMILES string of the molecule is CCC(N)C(c1cccs1)N(CC)CC(C)(C)O. The third kappa shape index (κ3) is 4.35. The maximum absolute atomic E-state index is 10.0. The second-order valence-electron chi connectivity index (χ2n) is 5.41. The summed E-state index contributed by atoms with van der Waals surface area (Å²) >= 11 is 1.74. The Morgan fingerprint density at radius 1 is 1.44 bits per heavy atom. The molecule has 0 bridgehead atoms. The van der Waals surface area contributed by atoms with Crippen LogP contribution in [0.1, 0.15) is 45.0 Å². The van der Waals surface area contributed by atoms with Crippen molar-refractivity contribution in [3.05, 3.63) is 22.4 Å². The summed E-state index contributed by atoms with van der Waals surface area (Å²) < 4.78 is 0. The Balaban J connectivity index is 2.93. The van der Waals surface area contributed by atoms with Gasteiger partial charge in [0.2, 0.25) is 0 Å². The van der Waals surface area contributed by atoms with E-state index in [4.69, 9.17) is 5.73 Å². The first-order chi connectivity index (χ1) is 8.39. The van der Waals surface area contributed by atoms with Crippen molar-refractivity contribution in [1.29, 1.82) is 0 Å². The summed E-state index contributed by atoms with van der Waals surface area (Å²) in [6.07, 6.45) is 0.935. The van der Waals surface area contributed by atoms with Crippen molar-refractivity contribution in [3.63, 3.8) is 0 Å². The van der Waals surface area contributed by atoms with Gasteiger partial charge >= 0.3 is 0 Å². The predicted octanol–water partition coefficient (Wildman–Crippen LogP) is 2.62. The molecule has 0 aliphatic heterocycles. The quantitative estimate of drug-likeness (QED) is 0.801. The van der Waals surface area contributed by atoms with E-state index in [0.717, 1.165) is 13.0 Å². The second kappa shape index (κ2) is 6.66. The Morgan fingerprint density at radius 3 is 2.50 bits per heavy atom. The molecule has 18 heavy (non-hydrogen) atoms. The van der Waals surface area contributed by atoms with E-state index in [1.165, 1.54) is 4.88 Å². The molecule has 0 aliphatic carbocycles. The fourth-order valence-corrected chi connectivity index (χ4v) is 3.18. The summed E-state index contributed by atoms with van der Waals surface area (Å²) in [6.45, 7) is 9.45. The Kier molecular flexibility index (Phi) is 5.79. The van der Waals surface area contributed by atoms with E-state index < -0.39 is 5.60 Å². The van der Waals surface area contributed by atoms with E-state index in [-0.39, 0.29) is 12.1 Å². The predicted molar refractivity (Wildman–Crippen MR) is 78.9 cm³/mol. The van der Waals surface area contributed by atoms with Crippen LogP contribution >= 0.6 is 11.3 Å². The Labute approximate surface area is 115 Å². The molecule has 3 nitrogen and oxygen atoms in total. The smallest absolute Gasteiger partial charge is 0.0718 e. The molecule has 1 aromatic rings. The molecule has 0 saturated heterocycles. The lowest BCUT2D eigenvalue weighted by atomic mass is 10.0. The number of aliphatic hydroxyl groups is 1. The van der Waals surface area contributed by atoms with Gasteiger partial charge in [-0.05, 0) is 38.3 Å². The zero-order valence-corrected chi connectivity index (χ0v) is 12.7. The van der Waals surface area contributed by atoms with Crippen molar-refractivity contribution in [2.75, 3.05) is 13.1 Å². The van der Waals surface area contributed by atoms with Gasteiger partial charge in [0.05, 0.1) is 11.6 Å². The number of hydrogen-bond donors (Lipinski definition) is 2. The van der Waals surface area contributed by atoms with E-state index >= 15 is 0 Å². The van der Waals surface area contributed by atoms with Crippen LogP contribution in [0, 0.1) is 0 Å². The first-order valence-corrected chi connectivity index (χ1v) is 7.52. The van der Waals surface area contributed by atoms with Gasteiger partial charge in [0.1, 0.15) is 0 Å². The van der Waals surface area contributed by atoms with Crippen LogP contribution in [0.4, 0.5) is 0 Å². The van der Waals surface area contributed by atoms with Crippen LogP contribution in [0.15, 0.2) is 17.5 Å². The highest BCUT2D eigenvalue weighted by atomic mass is 32.1. The van der Waals surface area contributed by atoms with Gasteiger partial charge in [0, 0.05) is 17.5 Å². The van der Waals surface area contributed by atoms with Crippen molar-refractivity contribution < 1.29 is 5.11 Å². The van der Waals surface area contributed by atoms with Gasteiger partial charge in [-0.1, -0.05) is 19.9 Å². The molecular weight excluding hydrogens is 244 g/mol. The lowest BCUT2D eigenvalue weighted by molar-refractivity contribution is 0.0181. The first-order valence-electron chi connectivity index (χ1n) is 6.64. The maximum Gasteiger partial charge on any atom is 0.0718 e. The first kappa shape index (κ1) is 15.6. The fraction of sp³-hybridized carbons (Fsp3) is 0.714. The molecule has 2 unspecified atom stereocenters. The maximum atomic E-state index is 10.0. The number of likely N-dealkylation sites (N-methyl/N-ethyl adjacent to an activating group) is 1. The topological polar surface area (TPSA) is 49.5 Å². The van der Waals surface area contributed by atoms with Crippen LogP contribution in [0.5, 0.6) is 0 Å². The van der Waals surface area contributed by atoms with Crippen molar-refractivity contribution in [1.82, 2.24) is 4.90 Å². The highest BCUT2D eigenvalue weighted by Crippen LogP contribution is 2.29. The van der Waals surface area contributed by atoms with Gasteiger partial charge < -0.3 is 10.8 Å². The van der Waals surface area contributed by atoms with Crippen LogP contribution in [0.25, 0.3) is 0 Å². The molecule has 0 spiro atoms. The molecule has 1 heterocycles. The van der Waals surface area contributed by atoms with Crippen molar-refractivity contribution in [3.8, 4) is 0 Å². The van der Waals surface area contributed by atoms with Crippen molar-refractivity contribution >= 4 is 11.3 Å². The third-order valence-corrected chi connectivity index (χ3v) is 4.04. The molecule has 0 saturated carbocycles. The minimum absolute atomic E-state index is 0.103. The Morgan fingerprint density at radius 2 is 2.11 bits per heavy atom. The average Bonchev–Trinajstić information content (AvgIpc) is 2.79. The lowest BCUT2D eigenvalue weighted by Gasteiger charge is -2.37. The zero-order chi connectivity index (χ0) is 13.8. The van der Waals surface area contributed by atoms with Gasteiger partial charge in [-0.3, -0.25) is 4.90 Å². The van der Waals surface area contributed by atoms with Crippen LogP contribution in [0.3, 0.4) is 0 Å². The normalized spacial score (nSPS) is 15.9. The van der Waals surface area contributed by atoms with Gasteiger partial charge in [0.15, 0.2) is 0 Å². The summed E-state index contributed by atoms with van der Waals surface area (Å²) in [6, 6.07) is 4.50. The molecule has 1 aromatic heterocycles. The van der Waals surface area contributed by atoms with Crippen LogP contribution in [0.2, 0.25) is 0 Å². The van der Waals surface area contributed by atoms with E-state index in [1.54, 1.807) is 11.3 Å². The number of hydrogen-bond acceptors (Lipinski definition) is 4. The molecule has 0 aliphatic rings. The molecular formula is C14H26N2OS. The number of nitrogens with zero attached hydrogens (tertiary/aromatic N) is 1. The molecule has 0 fully saturated rings. The second-order valence-corrected chi connectivity index (χ2v) is 6.39. The van der Waals surface area contributed by atoms with Gasteiger partial charge in [-0.2, -0.15) is 0 Å². The molecule has 0 radical (unpaired) electrons. The number of nitrogens with two attached hydrogens (primary N) is 1. The van der Waals surface area contributed by atoms with E-state index in [0.29, 0.717) is 6.54 Å². The summed E-state index contributed by atoms with van der Waals surface area (Å²) in [5.41, 5.74) is 5.59. The number of thiophene rings is 1. The molecule has 104 valence electrons. The highest BCUT2D eigenvalue weighted by molar-refractivity contribution is 7.10. The molecule has 2 atom stereocenters. The highest BCUT2D eigenvalue weighted by Gasteiger charge is 2.29. The minimum atomic E-state index is -0.695. The molecule has 3 N–H and O–H groups in total. The van der Waals surface area contributed by atoms with Crippen LogP contribution < -0.4 is 5.73 Å². The summed E-state index contributed by atoms with van der Waals surface area (Å²) in [7, 11) is 0. The van der Waals surface area contributed by atoms with Crippen LogP contribution in [-0.4, -0.2) is 34.7 Å². The largest absolute Gasteiger partial charge is 0.389 e. The van der Waals surface area contributed by atoms with Gasteiger partial charge in [0.25, 0.3) is 0 Å². The average molecular weight is 270 g/mol. The lowest BCUT2D eigenvalue weighted by Crippen LogP contribution is -2.46. The third-order valence-electron chi connectivity index (χ3n) is 3.10. The zero-order valence-electron chi connectivity index (χ0n) is 11.9. The molecule has 0 amide bonds. The monoisotopic (exact) mass is 270 g/mol. The Bertz CT molecular complexity index is 332. The molecule has 4 heteroatoms. The number of rotatable bonds is 7.